The number of carbonyl (C=O) groups excluding carboxylic acids is 1. The molecule has 0 atom stereocenters. The van der Waals surface area contributed by atoms with Gasteiger partial charge in [-0.3, -0.25) is 9.52 Å². The lowest BCUT2D eigenvalue weighted by molar-refractivity contribution is 0.102. The van der Waals surface area contributed by atoms with Crippen LogP contribution in [0.5, 0.6) is 11.5 Å². The maximum absolute atomic E-state index is 13.5. The summed E-state index contributed by atoms with van der Waals surface area (Å²) in [6.07, 6.45) is 8.82. The van der Waals surface area contributed by atoms with E-state index in [0.717, 1.165) is 68.6 Å². The normalized spacial score (nSPS) is 19.9. The van der Waals surface area contributed by atoms with E-state index in [1.165, 1.54) is 12.8 Å². The number of anilines is 3. The van der Waals surface area contributed by atoms with Gasteiger partial charge in [-0.1, -0.05) is 0 Å². The van der Waals surface area contributed by atoms with E-state index < -0.39 is 16.6 Å². The summed E-state index contributed by atoms with van der Waals surface area (Å²) >= 11 is 0. The van der Waals surface area contributed by atoms with Crippen molar-refractivity contribution in [1.29, 1.82) is 0 Å². The molecule has 38 heavy (non-hydrogen) atoms. The summed E-state index contributed by atoms with van der Waals surface area (Å²) in [5.41, 5.74) is 3.79. The second-order valence-corrected chi connectivity index (χ2v) is 12.9. The second kappa shape index (κ2) is 9.96. The van der Waals surface area contributed by atoms with Crippen molar-refractivity contribution < 1.29 is 27.8 Å². The van der Waals surface area contributed by atoms with Gasteiger partial charge in [0, 0.05) is 30.6 Å². The van der Waals surface area contributed by atoms with Crippen molar-refractivity contribution in [2.24, 2.45) is 5.41 Å². The van der Waals surface area contributed by atoms with Gasteiger partial charge in [0.1, 0.15) is 0 Å². The number of hydrogen-bond donors (Lipinski definition) is 3. The van der Waals surface area contributed by atoms with Crippen LogP contribution in [0.1, 0.15) is 60.9 Å². The lowest BCUT2D eigenvalue weighted by Crippen LogP contribution is -2.35. The molecule has 204 valence electrons. The van der Waals surface area contributed by atoms with Crippen LogP contribution in [0.2, 0.25) is 0 Å². The maximum atomic E-state index is 13.5. The Bertz CT molecular complexity index is 1330. The molecule has 0 bridgehead atoms. The van der Waals surface area contributed by atoms with Gasteiger partial charge in [0.15, 0.2) is 11.5 Å². The highest BCUT2D eigenvalue weighted by Gasteiger charge is 2.44. The minimum atomic E-state index is -3.67. The molecule has 2 aromatic carbocycles. The average Bonchev–Trinajstić information content (AvgIpc) is 3.43. The van der Waals surface area contributed by atoms with Crippen LogP contribution in [-0.2, 0) is 16.4 Å². The first-order valence-corrected chi connectivity index (χ1v) is 15.3. The van der Waals surface area contributed by atoms with Crippen LogP contribution in [0.25, 0.3) is 0 Å². The molecule has 2 heterocycles. The van der Waals surface area contributed by atoms with E-state index >= 15 is 0 Å². The van der Waals surface area contributed by atoms with Crippen molar-refractivity contribution in [3.8, 4) is 11.5 Å². The van der Waals surface area contributed by atoms with Crippen LogP contribution >= 0.6 is 0 Å². The molecule has 0 radical (unpaired) electrons. The van der Waals surface area contributed by atoms with Gasteiger partial charge in [0.2, 0.25) is 10.0 Å². The maximum Gasteiger partial charge on any atom is 0.255 e. The molecular weight excluding hydrogens is 506 g/mol. The lowest BCUT2D eigenvalue weighted by atomic mass is 9.93. The fraction of sp³-hybridized carbons (Fsp3) is 0.536. The van der Waals surface area contributed by atoms with E-state index in [0.29, 0.717) is 34.7 Å². The number of aliphatic hydroxyl groups excluding tert-OH is 1. The molecule has 0 aromatic heterocycles. The molecule has 10 heteroatoms. The molecule has 3 N–H and O–H groups in total. The summed E-state index contributed by atoms with van der Waals surface area (Å²) in [6, 6.07) is 8.81. The van der Waals surface area contributed by atoms with Crippen LogP contribution in [0.15, 0.2) is 30.3 Å². The Kier molecular flexibility index (Phi) is 6.63. The highest BCUT2D eigenvalue weighted by Crippen LogP contribution is 2.54. The Morgan fingerprint density at radius 2 is 1.92 bits per heavy atom. The lowest BCUT2D eigenvalue weighted by Gasteiger charge is -2.35. The SMILES string of the molecule is O=C(Nc1ccc(NS(=O)(=O)CCO)cc1N1CCC2(CC1)CC2)c1cc2c(c(OC3CCC3)c1)OCC2. The topological polar surface area (TPSA) is 117 Å². The Hall–Kier alpha value is -2.98. The van der Waals surface area contributed by atoms with E-state index in [-0.39, 0.29) is 17.8 Å². The number of hydrogen-bond acceptors (Lipinski definition) is 7. The van der Waals surface area contributed by atoms with Gasteiger partial charge >= 0.3 is 0 Å². The smallest absolute Gasteiger partial charge is 0.255 e. The number of ether oxygens (including phenoxy) is 2. The summed E-state index contributed by atoms with van der Waals surface area (Å²) in [5, 5.41) is 12.2. The Morgan fingerprint density at radius 1 is 1.13 bits per heavy atom. The molecule has 1 amide bonds. The molecule has 2 aromatic rings. The van der Waals surface area contributed by atoms with Gasteiger partial charge in [0.05, 0.1) is 42.1 Å². The number of amides is 1. The second-order valence-electron chi connectivity index (χ2n) is 11.0. The van der Waals surface area contributed by atoms with E-state index in [9.17, 15) is 13.2 Å². The zero-order valence-electron chi connectivity index (χ0n) is 21.5. The molecule has 6 rings (SSSR count). The Balaban J connectivity index is 1.27. The van der Waals surface area contributed by atoms with Gasteiger partial charge in [-0.2, -0.15) is 0 Å². The minimum Gasteiger partial charge on any atom is -0.489 e. The molecular formula is C28H35N3O6S. The average molecular weight is 542 g/mol. The van der Waals surface area contributed by atoms with E-state index in [1.54, 1.807) is 24.3 Å². The number of carbonyl (C=O) groups is 1. The van der Waals surface area contributed by atoms with E-state index in [1.807, 2.05) is 6.07 Å². The Labute approximate surface area is 223 Å². The third-order valence-electron chi connectivity index (χ3n) is 8.36. The quantitative estimate of drug-likeness (QED) is 0.441. The van der Waals surface area contributed by atoms with Crippen molar-refractivity contribution in [3.05, 3.63) is 41.5 Å². The highest BCUT2D eigenvalue weighted by molar-refractivity contribution is 7.92. The zero-order chi connectivity index (χ0) is 26.3. The zero-order valence-corrected chi connectivity index (χ0v) is 22.3. The van der Waals surface area contributed by atoms with Crippen molar-refractivity contribution in [2.45, 2.75) is 57.5 Å². The molecule has 2 aliphatic heterocycles. The highest BCUT2D eigenvalue weighted by atomic mass is 32.2. The van der Waals surface area contributed by atoms with Gasteiger partial charge in [-0.15, -0.1) is 0 Å². The number of fused-ring (bicyclic) bond motifs is 1. The summed E-state index contributed by atoms with van der Waals surface area (Å²) in [4.78, 5) is 15.7. The molecule has 3 fully saturated rings. The summed E-state index contributed by atoms with van der Waals surface area (Å²) in [7, 11) is -3.67. The molecule has 4 aliphatic rings. The predicted molar refractivity (Wildman–Crippen MR) is 146 cm³/mol. The van der Waals surface area contributed by atoms with Gasteiger partial charge in [-0.25, -0.2) is 8.42 Å². The van der Waals surface area contributed by atoms with Crippen LogP contribution in [0.4, 0.5) is 17.1 Å². The van der Waals surface area contributed by atoms with Crippen molar-refractivity contribution >= 4 is 33.0 Å². The fourth-order valence-corrected chi connectivity index (χ4v) is 6.39. The van der Waals surface area contributed by atoms with E-state index in [2.05, 4.69) is 14.9 Å². The third kappa shape index (κ3) is 5.29. The van der Waals surface area contributed by atoms with Crippen LogP contribution < -0.4 is 24.4 Å². The number of nitrogens with one attached hydrogen (secondary N) is 2. The number of nitrogens with zero attached hydrogens (tertiary/aromatic N) is 1. The number of piperidine rings is 1. The van der Waals surface area contributed by atoms with Gasteiger partial charge in [-0.05, 0) is 80.7 Å². The molecule has 2 saturated carbocycles. The number of rotatable bonds is 9. The first kappa shape index (κ1) is 25.3. The molecule has 0 unspecified atom stereocenters. The van der Waals surface area contributed by atoms with Gasteiger partial charge < -0.3 is 24.8 Å². The standard InChI is InChI=1S/C28H35N3O6S/c32-13-15-38(34,35)30-21-4-5-23(24(18-21)31-11-9-28(7-8-28)10-12-31)29-27(33)20-16-19-6-14-36-26(19)25(17-20)37-22-2-1-3-22/h4-5,16-18,22,30,32H,1-3,6-15H2,(H,29,33). The Morgan fingerprint density at radius 3 is 2.61 bits per heavy atom. The first-order valence-electron chi connectivity index (χ1n) is 13.6. The summed E-state index contributed by atoms with van der Waals surface area (Å²) in [5.74, 6) is 0.759. The fourth-order valence-electron chi connectivity index (χ4n) is 5.57. The third-order valence-corrected chi connectivity index (χ3v) is 9.63. The van der Waals surface area contributed by atoms with Crippen molar-refractivity contribution in [2.75, 3.05) is 47.0 Å². The molecule has 2 aliphatic carbocycles. The minimum absolute atomic E-state index is 0.171. The van der Waals surface area contributed by atoms with Crippen LogP contribution in [0.3, 0.4) is 0 Å². The number of aliphatic hydroxyl groups is 1. The summed E-state index contributed by atoms with van der Waals surface area (Å²) in [6.45, 7) is 1.83. The first-order chi connectivity index (χ1) is 18.3. The number of sulfonamides is 1. The monoisotopic (exact) mass is 541 g/mol. The van der Waals surface area contributed by atoms with Gasteiger partial charge in [0.25, 0.3) is 5.91 Å². The molecule has 1 saturated heterocycles. The largest absolute Gasteiger partial charge is 0.489 e. The summed E-state index contributed by atoms with van der Waals surface area (Å²) < 4.78 is 39.1. The predicted octanol–water partition coefficient (Wildman–Crippen LogP) is 3.92. The number of benzene rings is 2. The van der Waals surface area contributed by atoms with E-state index in [4.69, 9.17) is 14.6 Å². The van der Waals surface area contributed by atoms with Crippen LogP contribution in [-0.4, -0.2) is 57.6 Å². The van der Waals surface area contributed by atoms with Crippen molar-refractivity contribution in [1.82, 2.24) is 0 Å². The molecule has 9 nitrogen and oxygen atoms in total. The molecule has 1 spiro atoms. The van der Waals surface area contributed by atoms with Crippen LogP contribution in [0, 0.1) is 5.41 Å². The van der Waals surface area contributed by atoms with Crippen molar-refractivity contribution in [3.63, 3.8) is 0 Å².